The summed E-state index contributed by atoms with van der Waals surface area (Å²) in [5.41, 5.74) is 1.18. The van der Waals surface area contributed by atoms with E-state index in [2.05, 4.69) is 30.4 Å². The van der Waals surface area contributed by atoms with Crippen LogP contribution in [0, 0.1) is 23.2 Å². The normalized spacial score (nSPS) is 19.0. The average molecular weight is 225 g/mol. The number of nitrogens with zero attached hydrogens (tertiary/aromatic N) is 1. The van der Waals surface area contributed by atoms with Gasteiger partial charge in [0.1, 0.15) is 0 Å². The van der Waals surface area contributed by atoms with Gasteiger partial charge in [-0.2, -0.15) is 5.26 Å². The number of hydrogen-bond acceptors (Lipinski definition) is 1. The molecule has 1 aromatic rings. The molecular formula is C16H19N. The Labute approximate surface area is 104 Å². The van der Waals surface area contributed by atoms with Gasteiger partial charge in [-0.3, -0.25) is 0 Å². The lowest BCUT2D eigenvalue weighted by Crippen LogP contribution is -2.14. The SMILES string of the molecule is N#C[C@H](/C=C/c1ccccc1)C1CCCCC1. The van der Waals surface area contributed by atoms with Crippen molar-refractivity contribution in [1.29, 1.82) is 5.26 Å². The predicted octanol–water partition coefficient (Wildman–Crippen LogP) is 4.42. The topological polar surface area (TPSA) is 23.8 Å². The third-order valence-electron chi connectivity index (χ3n) is 3.60. The molecule has 0 amide bonds. The summed E-state index contributed by atoms with van der Waals surface area (Å²) in [6, 6.07) is 12.7. The molecule has 1 atom stereocenters. The molecular weight excluding hydrogens is 206 g/mol. The van der Waals surface area contributed by atoms with Crippen molar-refractivity contribution in [3.05, 3.63) is 42.0 Å². The molecule has 1 aromatic carbocycles. The lowest BCUT2D eigenvalue weighted by molar-refractivity contribution is 0.323. The first-order chi connectivity index (χ1) is 8.40. The highest BCUT2D eigenvalue weighted by atomic mass is 14.3. The van der Waals surface area contributed by atoms with E-state index in [9.17, 15) is 5.26 Å². The molecule has 0 N–H and O–H groups in total. The van der Waals surface area contributed by atoms with Crippen LogP contribution in [0.4, 0.5) is 0 Å². The zero-order valence-corrected chi connectivity index (χ0v) is 10.2. The first-order valence-electron chi connectivity index (χ1n) is 6.53. The third-order valence-corrected chi connectivity index (χ3v) is 3.60. The lowest BCUT2D eigenvalue weighted by atomic mass is 9.80. The van der Waals surface area contributed by atoms with Crippen molar-refractivity contribution in [2.45, 2.75) is 32.1 Å². The highest BCUT2D eigenvalue weighted by molar-refractivity contribution is 5.49. The van der Waals surface area contributed by atoms with Crippen LogP contribution in [0.15, 0.2) is 36.4 Å². The smallest absolute Gasteiger partial charge is 0.0700 e. The molecule has 0 bridgehead atoms. The van der Waals surface area contributed by atoms with E-state index in [4.69, 9.17) is 0 Å². The summed E-state index contributed by atoms with van der Waals surface area (Å²) in [7, 11) is 0. The van der Waals surface area contributed by atoms with Crippen LogP contribution >= 0.6 is 0 Å². The maximum atomic E-state index is 9.26. The van der Waals surface area contributed by atoms with Crippen LogP contribution in [0.3, 0.4) is 0 Å². The van der Waals surface area contributed by atoms with Gasteiger partial charge in [-0.1, -0.05) is 61.7 Å². The Morgan fingerprint density at radius 1 is 1.12 bits per heavy atom. The van der Waals surface area contributed by atoms with Gasteiger partial charge >= 0.3 is 0 Å². The van der Waals surface area contributed by atoms with E-state index in [1.54, 1.807) is 0 Å². The number of benzene rings is 1. The van der Waals surface area contributed by atoms with Gasteiger partial charge in [-0.25, -0.2) is 0 Å². The standard InChI is InChI=1S/C16H19N/c17-13-16(15-9-5-2-6-10-15)12-11-14-7-3-1-4-8-14/h1,3-4,7-8,11-12,15-16H,2,5-6,9-10H2/b12-11+/t16-/m0/s1. The monoisotopic (exact) mass is 225 g/mol. The molecule has 0 spiro atoms. The number of rotatable bonds is 3. The maximum absolute atomic E-state index is 9.26. The fourth-order valence-corrected chi connectivity index (χ4v) is 2.58. The summed E-state index contributed by atoms with van der Waals surface area (Å²) >= 11 is 0. The largest absolute Gasteiger partial charge is 0.198 e. The van der Waals surface area contributed by atoms with Crippen LogP contribution in [0.5, 0.6) is 0 Å². The molecule has 1 saturated carbocycles. The van der Waals surface area contributed by atoms with Gasteiger partial charge in [0.05, 0.1) is 12.0 Å². The van der Waals surface area contributed by atoms with Crippen LogP contribution in [0.1, 0.15) is 37.7 Å². The summed E-state index contributed by atoms with van der Waals surface area (Å²) in [5.74, 6) is 0.671. The van der Waals surface area contributed by atoms with Gasteiger partial charge in [0.15, 0.2) is 0 Å². The Balaban J connectivity index is 2.00. The van der Waals surface area contributed by atoms with Crippen LogP contribution in [-0.4, -0.2) is 0 Å². The van der Waals surface area contributed by atoms with Gasteiger partial charge in [0.25, 0.3) is 0 Å². The van der Waals surface area contributed by atoms with Crippen molar-refractivity contribution in [3.63, 3.8) is 0 Å². The molecule has 88 valence electrons. The summed E-state index contributed by atoms with van der Waals surface area (Å²) in [5, 5.41) is 9.26. The van der Waals surface area contributed by atoms with E-state index in [1.807, 2.05) is 18.2 Å². The summed E-state index contributed by atoms with van der Waals surface area (Å²) < 4.78 is 0. The summed E-state index contributed by atoms with van der Waals surface area (Å²) in [6.45, 7) is 0. The Kier molecular flexibility index (Phi) is 4.38. The van der Waals surface area contributed by atoms with E-state index in [0.717, 1.165) is 0 Å². The number of allylic oxidation sites excluding steroid dienone is 1. The quantitative estimate of drug-likeness (QED) is 0.747. The van der Waals surface area contributed by atoms with Gasteiger partial charge in [0.2, 0.25) is 0 Å². The zero-order valence-electron chi connectivity index (χ0n) is 10.2. The van der Waals surface area contributed by atoms with E-state index < -0.39 is 0 Å². The molecule has 0 radical (unpaired) electrons. The minimum atomic E-state index is 0.0931. The zero-order chi connectivity index (χ0) is 11.9. The minimum absolute atomic E-state index is 0.0931. The fraction of sp³-hybridized carbons (Fsp3) is 0.438. The second-order valence-corrected chi connectivity index (χ2v) is 4.82. The van der Waals surface area contributed by atoms with E-state index in [-0.39, 0.29) is 5.92 Å². The predicted molar refractivity (Wildman–Crippen MR) is 71.2 cm³/mol. The van der Waals surface area contributed by atoms with Crippen molar-refractivity contribution in [2.24, 2.45) is 11.8 Å². The Morgan fingerprint density at radius 3 is 2.47 bits per heavy atom. The molecule has 1 nitrogen and oxygen atoms in total. The van der Waals surface area contributed by atoms with Gasteiger partial charge in [-0.05, 0) is 24.3 Å². The molecule has 1 aliphatic rings. The Bertz CT molecular complexity index is 393. The summed E-state index contributed by atoms with van der Waals surface area (Å²) in [4.78, 5) is 0. The minimum Gasteiger partial charge on any atom is -0.198 e. The second-order valence-electron chi connectivity index (χ2n) is 4.82. The van der Waals surface area contributed by atoms with Crippen LogP contribution in [0.25, 0.3) is 6.08 Å². The fourth-order valence-electron chi connectivity index (χ4n) is 2.58. The molecule has 0 aromatic heterocycles. The molecule has 0 unspecified atom stereocenters. The van der Waals surface area contributed by atoms with Gasteiger partial charge < -0.3 is 0 Å². The van der Waals surface area contributed by atoms with Crippen molar-refractivity contribution >= 4 is 6.08 Å². The second kappa shape index (κ2) is 6.25. The lowest BCUT2D eigenvalue weighted by Gasteiger charge is -2.23. The Morgan fingerprint density at radius 2 is 1.82 bits per heavy atom. The van der Waals surface area contributed by atoms with Crippen LogP contribution in [-0.2, 0) is 0 Å². The van der Waals surface area contributed by atoms with Crippen LogP contribution < -0.4 is 0 Å². The molecule has 17 heavy (non-hydrogen) atoms. The van der Waals surface area contributed by atoms with Gasteiger partial charge in [-0.15, -0.1) is 0 Å². The molecule has 0 heterocycles. The highest BCUT2D eigenvalue weighted by Gasteiger charge is 2.20. The Hall–Kier alpha value is -1.55. The van der Waals surface area contributed by atoms with E-state index in [0.29, 0.717) is 5.92 Å². The first kappa shape index (κ1) is 11.9. The third kappa shape index (κ3) is 3.46. The molecule has 0 aliphatic heterocycles. The maximum Gasteiger partial charge on any atom is 0.0700 e. The van der Waals surface area contributed by atoms with Crippen molar-refractivity contribution in [3.8, 4) is 6.07 Å². The average Bonchev–Trinajstić information content (AvgIpc) is 2.42. The summed E-state index contributed by atoms with van der Waals surface area (Å²) in [6.07, 6.45) is 10.5. The number of hydrogen-bond donors (Lipinski definition) is 0. The van der Waals surface area contributed by atoms with Crippen LogP contribution in [0.2, 0.25) is 0 Å². The van der Waals surface area contributed by atoms with E-state index >= 15 is 0 Å². The van der Waals surface area contributed by atoms with Crippen molar-refractivity contribution in [2.75, 3.05) is 0 Å². The molecule has 1 fully saturated rings. The van der Waals surface area contributed by atoms with Crippen molar-refractivity contribution in [1.82, 2.24) is 0 Å². The number of nitriles is 1. The first-order valence-corrected chi connectivity index (χ1v) is 6.53. The molecule has 2 rings (SSSR count). The molecule has 1 aliphatic carbocycles. The highest BCUT2D eigenvalue weighted by Crippen LogP contribution is 2.30. The van der Waals surface area contributed by atoms with E-state index in [1.165, 1.54) is 37.7 Å². The van der Waals surface area contributed by atoms with Crippen molar-refractivity contribution < 1.29 is 0 Å². The van der Waals surface area contributed by atoms with Gasteiger partial charge in [0, 0.05) is 0 Å². The molecule has 1 heteroatoms. The molecule has 0 saturated heterocycles.